The molecule has 4 rings (SSSR count). The molecular weight excluding hydrogens is 333 g/mol. The van der Waals surface area contributed by atoms with Gasteiger partial charge in [-0.25, -0.2) is 14.4 Å². The van der Waals surface area contributed by atoms with Crippen LogP contribution in [0.4, 0.5) is 10.2 Å². The summed E-state index contributed by atoms with van der Waals surface area (Å²) in [5, 5.41) is 11.3. The van der Waals surface area contributed by atoms with Crippen LogP contribution < -0.4 is 5.32 Å². The predicted octanol–water partition coefficient (Wildman–Crippen LogP) is 3.47. The van der Waals surface area contributed by atoms with Gasteiger partial charge < -0.3 is 10.1 Å². The Labute approximate surface area is 151 Å². The zero-order chi connectivity index (χ0) is 17.8. The topological polar surface area (TPSA) is 75.7 Å². The Balaban J connectivity index is 1.23. The van der Waals surface area contributed by atoms with Gasteiger partial charge in [0.1, 0.15) is 18.0 Å². The first-order valence-corrected chi connectivity index (χ1v) is 9.04. The summed E-state index contributed by atoms with van der Waals surface area (Å²) in [7, 11) is 0. The van der Waals surface area contributed by atoms with Gasteiger partial charge in [-0.1, -0.05) is 12.1 Å². The van der Waals surface area contributed by atoms with E-state index in [1.807, 2.05) is 12.1 Å². The lowest BCUT2D eigenvalue weighted by Gasteiger charge is -2.29. The molecule has 3 aromatic rings. The molecule has 0 spiro atoms. The number of aromatic amines is 1. The van der Waals surface area contributed by atoms with Crippen molar-refractivity contribution in [3.05, 3.63) is 48.2 Å². The molecule has 0 radical (unpaired) electrons. The molecule has 2 N–H and O–H groups in total. The number of benzene rings is 1. The molecule has 0 saturated heterocycles. The maximum atomic E-state index is 12.9. The third-order valence-corrected chi connectivity index (χ3v) is 4.92. The molecule has 6 nitrogen and oxygen atoms in total. The van der Waals surface area contributed by atoms with E-state index < -0.39 is 0 Å². The molecule has 0 bridgehead atoms. The largest absolute Gasteiger partial charge is 0.378 e. The second kappa shape index (κ2) is 7.78. The number of aromatic nitrogens is 4. The third kappa shape index (κ3) is 3.99. The van der Waals surface area contributed by atoms with Crippen LogP contribution in [-0.2, 0) is 11.2 Å². The number of hydrogen-bond donors (Lipinski definition) is 2. The maximum absolute atomic E-state index is 12.9. The maximum Gasteiger partial charge on any atom is 0.160 e. The average Bonchev–Trinajstić information content (AvgIpc) is 3.15. The monoisotopic (exact) mass is 355 g/mol. The van der Waals surface area contributed by atoms with Gasteiger partial charge in [0.25, 0.3) is 0 Å². The van der Waals surface area contributed by atoms with Crippen molar-refractivity contribution < 1.29 is 9.13 Å². The first-order valence-electron chi connectivity index (χ1n) is 9.04. The first kappa shape index (κ1) is 16.9. The second-order valence-corrected chi connectivity index (χ2v) is 6.72. The molecule has 0 aliphatic heterocycles. The quantitative estimate of drug-likeness (QED) is 0.708. The van der Waals surface area contributed by atoms with Crippen molar-refractivity contribution in [2.45, 2.75) is 44.2 Å². The van der Waals surface area contributed by atoms with E-state index in [2.05, 4.69) is 25.5 Å². The average molecular weight is 355 g/mol. The van der Waals surface area contributed by atoms with Gasteiger partial charge in [0.2, 0.25) is 0 Å². The van der Waals surface area contributed by atoms with Gasteiger partial charge >= 0.3 is 0 Å². The highest BCUT2D eigenvalue weighted by Gasteiger charge is 2.22. The standard InChI is InChI=1S/C19H22FN5O/c20-14-3-1-13(2-4-14)9-10-26-16-7-5-15(6-8-16)24-18-17-11-23-25-19(17)22-12-21-18/h1-4,11-12,15-16H,5-10H2,(H2,21,22,23,24,25). The predicted molar refractivity (Wildman–Crippen MR) is 97.4 cm³/mol. The molecule has 1 aromatic carbocycles. The van der Waals surface area contributed by atoms with Gasteiger partial charge in [0, 0.05) is 6.04 Å². The minimum Gasteiger partial charge on any atom is -0.378 e. The van der Waals surface area contributed by atoms with E-state index in [1.54, 1.807) is 12.5 Å². The molecule has 1 aliphatic rings. The van der Waals surface area contributed by atoms with E-state index in [1.165, 1.54) is 12.1 Å². The van der Waals surface area contributed by atoms with Crippen molar-refractivity contribution in [2.75, 3.05) is 11.9 Å². The van der Waals surface area contributed by atoms with Gasteiger partial charge in [-0.15, -0.1) is 0 Å². The lowest BCUT2D eigenvalue weighted by molar-refractivity contribution is 0.0282. The van der Waals surface area contributed by atoms with Crippen LogP contribution in [0.25, 0.3) is 11.0 Å². The zero-order valence-electron chi connectivity index (χ0n) is 14.5. The molecule has 2 aromatic heterocycles. The van der Waals surface area contributed by atoms with E-state index in [-0.39, 0.29) is 5.82 Å². The SMILES string of the molecule is Fc1ccc(CCOC2CCC(Nc3ncnc4[nH]ncc34)CC2)cc1. The number of fused-ring (bicyclic) bond motifs is 1. The number of ether oxygens (including phenoxy) is 1. The highest BCUT2D eigenvalue weighted by molar-refractivity contribution is 5.85. The van der Waals surface area contributed by atoms with Crippen LogP contribution in [-0.4, -0.2) is 38.9 Å². The Morgan fingerprint density at radius 1 is 1.12 bits per heavy atom. The van der Waals surface area contributed by atoms with Gasteiger partial charge in [0.15, 0.2) is 5.65 Å². The van der Waals surface area contributed by atoms with Crippen LogP contribution in [0.15, 0.2) is 36.8 Å². The van der Waals surface area contributed by atoms with Crippen LogP contribution in [0.1, 0.15) is 31.2 Å². The summed E-state index contributed by atoms with van der Waals surface area (Å²) in [6, 6.07) is 7.02. The Morgan fingerprint density at radius 2 is 1.92 bits per heavy atom. The molecule has 0 atom stereocenters. The van der Waals surface area contributed by atoms with E-state index in [0.29, 0.717) is 18.8 Å². The normalized spacial score (nSPS) is 20.3. The third-order valence-electron chi connectivity index (χ3n) is 4.92. The Morgan fingerprint density at radius 3 is 2.73 bits per heavy atom. The first-order chi connectivity index (χ1) is 12.8. The fourth-order valence-electron chi connectivity index (χ4n) is 3.44. The number of anilines is 1. The summed E-state index contributed by atoms with van der Waals surface area (Å²) in [6.07, 6.45) is 8.57. The Hall–Kier alpha value is -2.54. The van der Waals surface area contributed by atoms with Crippen LogP contribution in [0.2, 0.25) is 0 Å². The minimum absolute atomic E-state index is 0.197. The van der Waals surface area contributed by atoms with Gasteiger partial charge in [-0.2, -0.15) is 5.10 Å². The number of nitrogens with zero attached hydrogens (tertiary/aromatic N) is 3. The highest BCUT2D eigenvalue weighted by Crippen LogP contribution is 2.26. The van der Waals surface area contributed by atoms with Crippen molar-refractivity contribution in [2.24, 2.45) is 0 Å². The molecule has 0 unspecified atom stereocenters. The van der Waals surface area contributed by atoms with Crippen molar-refractivity contribution in [3.8, 4) is 0 Å². The molecule has 136 valence electrons. The van der Waals surface area contributed by atoms with Crippen LogP contribution >= 0.6 is 0 Å². The van der Waals surface area contributed by atoms with Gasteiger partial charge in [-0.3, -0.25) is 5.10 Å². The van der Waals surface area contributed by atoms with Crippen molar-refractivity contribution in [1.29, 1.82) is 0 Å². The van der Waals surface area contributed by atoms with Crippen molar-refractivity contribution in [1.82, 2.24) is 20.2 Å². The molecular formula is C19H22FN5O. The number of rotatable bonds is 6. The Kier molecular flexibility index (Phi) is 5.06. The molecule has 1 fully saturated rings. The molecule has 0 amide bonds. The lowest BCUT2D eigenvalue weighted by Crippen LogP contribution is -2.30. The number of H-pyrrole nitrogens is 1. The Bertz CT molecular complexity index is 843. The van der Waals surface area contributed by atoms with E-state index in [9.17, 15) is 4.39 Å². The summed E-state index contributed by atoms with van der Waals surface area (Å²) in [4.78, 5) is 8.50. The second-order valence-electron chi connectivity index (χ2n) is 6.72. The molecule has 2 heterocycles. The number of halogens is 1. The molecule has 7 heteroatoms. The lowest BCUT2D eigenvalue weighted by atomic mass is 9.93. The smallest absolute Gasteiger partial charge is 0.160 e. The van der Waals surface area contributed by atoms with Crippen LogP contribution in [0.5, 0.6) is 0 Å². The zero-order valence-corrected chi connectivity index (χ0v) is 14.5. The number of nitrogens with one attached hydrogen (secondary N) is 2. The van der Waals surface area contributed by atoms with Crippen molar-refractivity contribution in [3.63, 3.8) is 0 Å². The van der Waals surface area contributed by atoms with Gasteiger partial charge in [0.05, 0.1) is 24.3 Å². The molecule has 1 aliphatic carbocycles. The fourth-order valence-corrected chi connectivity index (χ4v) is 3.44. The minimum atomic E-state index is -0.197. The fraction of sp³-hybridized carbons (Fsp3) is 0.421. The molecule has 26 heavy (non-hydrogen) atoms. The van der Waals surface area contributed by atoms with Gasteiger partial charge in [-0.05, 0) is 49.8 Å². The molecule has 1 saturated carbocycles. The van der Waals surface area contributed by atoms with E-state index in [0.717, 1.165) is 54.5 Å². The number of hydrogen-bond acceptors (Lipinski definition) is 5. The van der Waals surface area contributed by atoms with E-state index in [4.69, 9.17) is 4.74 Å². The highest BCUT2D eigenvalue weighted by atomic mass is 19.1. The van der Waals surface area contributed by atoms with Crippen LogP contribution in [0.3, 0.4) is 0 Å². The summed E-state index contributed by atoms with van der Waals surface area (Å²) in [5.74, 6) is 0.640. The van der Waals surface area contributed by atoms with Crippen LogP contribution in [0, 0.1) is 5.82 Å². The van der Waals surface area contributed by atoms with E-state index >= 15 is 0 Å². The summed E-state index contributed by atoms with van der Waals surface area (Å²) in [6.45, 7) is 0.677. The summed E-state index contributed by atoms with van der Waals surface area (Å²) in [5.41, 5.74) is 1.86. The summed E-state index contributed by atoms with van der Waals surface area (Å²) < 4.78 is 18.9. The van der Waals surface area contributed by atoms with Crippen molar-refractivity contribution >= 4 is 16.9 Å². The summed E-state index contributed by atoms with van der Waals surface area (Å²) >= 11 is 0.